The van der Waals surface area contributed by atoms with Crippen molar-refractivity contribution >= 4 is 5.97 Å². The molecule has 0 bridgehead atoms. The lowest BCUT2D eigenvalue weighted by Crippen LogP contribution is -2.33. The van der Waals surface area contributed by atoms with Gasteiger partial charge >= 0.3 is 5.97 Å². The molecule has 4 nitrogen and oxygen atoms in total. The van der Waals surface area contributed by atoms with E-state index in [1.165, 1.54) is 0 Å². The first-order valence-electron chi connectivity index (χ1n) is 6.17. The van der Waals surface area contributed by atoms with Crippen LogP contribution in [0.25, 0.3) is 0 Å². The van der Waals surface area contributed by atoms with Crippen molar-refractivity contribution in [2.24, 2.45) is 0 Å². The van der Waals surface area contributed by atoms with Crippen molar-refractivity contribution in [2.75, 3.05) is 0 Å². The fourth-order valence-corrected chi connectivity index (χ4v) is 2.27. The topological polar surface area (TPSA) is 66.8 Å². The van der Waals surface area contributed by atoms with Crippen molar-refractivity contribution in [3.05, 3.63) is 23.0 Å². The number of cyclic esters (lactones) is 1. The Labute approximate surface area is 101 Å². The average Bonchev–Trinajstić information content (AvgIpc) is 2.62. The zero-order valence-corrected chi connectivity index (χ0v) is 9.98. The van der Waals surface area contributed by atoms with Crippen LogP contribution in [0.3, 0.4) is 0 Å². The Morgan fingerprint density at radius 2 is 2.24 bits per heavy atom. The Hall–Kier alpha value is -1.13. The van der Waals surface area contributed by atoms with E-state index in [-0.39, 0.29) is 5.57 Å². The molecule has 94 valence electrons. The summed E-state index contributed by atoms with van der Waals surface area (Å²) in [5.74, 6) is 0.0819. The molecule has 1 aliphatic carbocycles. The number of rotatable bonds is 3. The predicted octanol–water partition coefficient (Wildman–Crippen LogP) is 1.43. The number of carbonyl (C=O) groups excluding carboxylic acids is 1. The summed E-state index contributed by atoms with van der Waals surface area (Å²) < 4.78 is 5.15. The number of aliphatic hydroxyl groups is 2. The normalized spacial score (nSPS) is 30.8. The second-order valence-corrected chi connectivity index (χ2v) is 4.54. The zero-order chi connectivity index (χ0) is 12.4. The molecule has 0 saturated carbocycles. The van der Waals surface area contributed by atoms with Gasteiger partial charge in [0.2, 0.25) is 0 Å². The Morgan fingerprint density at radius 3 is 2.94 bits per heavy atom. The highest BCUT2D eigenvalue weighted by molar-refractivity contribution is 5.96. The van der Waals surface area contributed by atoms with Crippen LogP contribution in [0.1, 0.15) is 39.0 Å². The maximum Gasteiger partial charge on any atom is 0.342 e. The van der Waals surface area contributed by atoms with E-state index in [4.69, 9.17) is 4.74 Å². The maximum atomic E-state index is 11.6. The van der Waals surface area contributed by atoms with Crippen molar-refractivity contribution in [3.63, 3.8) is 0 Å². The molecule has 0 aromatic rings. The van der Waals surface area contributed by atoms with Gasteiger partial charge in [0.1, 0.15) is 11.9 Å². The zero-order valence-electron chi connectivity index (χ0n) is 9.98. The monoisotopic (exact) mass is 238 g/mol. The molecule has 0 spiro atoms. The fourth-order valence-electron chi connectivity index (χ4n) is 2.27. The molecule has 0 aromatic carbocycles. The van der Waals surface area contributed by atoms with Gasteiger partial charge in [-0.3, -0.25) is 0 Å². The molecule has 2 unspecified atom stereocenters. The summed E-state index contributed by atoms with van der Waals surface area (Å²) in [5.41, 5.74) is 1.04. The van der Waals surface area contributed by atoms with Gasteiger partial charge in [-0.1, -0.05) is 13.3 Å². The number of unbranched alkanes of at least 4 members (excludes halogenated alkanes) is 2. The fraction of sp³-hybridized carbons (Fsp3) is 0.615. The maximum absolute atomic E-state index is 11.6. The van der Waals surface area contributed by atoms with Gasteiger partial charge in [-0.15, -0.1) is 0 Å². The van der Waals surface area contributed by atoms with Gasteiger partial charge in [0.05, 0.1) is 11.7 Å². The van der Waals surface area contributed by atoms with E-state index in [2.05, 4.69) is 6.92 Å². The Kier molecular flexibility index (Phi) is 3.64. The van der Waals surface area contributed by atoms with Gasteiger partial charge in [-0.25, -0.2) is 4.79 Å². The highest BCUT2D eigenvalue weighted by Gasteiger charge is 2.40. The molecule has 1 aliphatic heterocycles. The molecule has 0 saturated heterocycles. The summed E-state index contributed by atoms with van der Waals surface area (Å²) in [6, 6.07) is 0. The molecule has 17 heavy (non-hydrogen) atoms. The summed E-state index contributed by atoms with van der Waals surface area (Å²) in [7, 11) is 0. The number of hydrogen-bond donors (Lipinski definition) is 2. The Bertz CT molecular complexity index is 381. The number of carbonyl (C=O) groups is 1. The number of esters is 1. The Balaban J connectivity index is 2.21. The van der Waals surface area contributed by atoms with Crippen LogP contribution >= 0.6 is 0 Å². The molecule has 0 fully saturated rings. The molecule has 4 heteroatoms. The van der Waals surface area contributed by atoms with Crippen LogP contribution in [0.15, 0.2) is 23.0 Å². The number of allylic oxidation sites excluding steroid dienone is 2. The number of hydrogen-bond acceptors (Lipinski definition) is 4. The summed E-state index contributed by atoms with van der Waals surface area (Å²) in [5, 5.41) is 19.3. The molecule has 2 N–H and O–H groups in total. The lowest BCUT2D eigenvalue weighted by Gasteiger charge is -2.22. The van der Waals surface area contributed by atoms with Crippen molar-refractivity contribution in [2.45, 2.75) is 51.2 Å². The standard InChI is InChI=1S/C13H18O4/c1-2-3-4-5-10-8-6-7-9(14)12(15)11(8)13(16)17-10/h5,9,12,14-15H,2-4,6-7H2,1H3. The summed E-state index contributed by atoms with van der Waals surface area (Å²) >= 11 is 0. The van der Waals surface area contributed by atoms with E-state index in [0.717, 1.165) is 24.8 Å². The van der Waals surface area contributed by atoms with E-state index in [0.29, 0.717) is 18.6 Å². The minimum atomic E-state index is -1.09. The first-order chi connectivity index (χ1) is 8.15. The van der Waals surface area contributed by atoms with Crippen LogP contribution in [-0.4, -0.2) is 28.4 Å². The van der Waals surface area contributed by atoms with E-state index in [1.807, 2.05) is 6.08 Å². The number of ether oxygens (including phenoxy) is 1. The number of aliphatic hydroxyl groups excluding tert-OH is 2. The minimum Gasteiger partial charge on any atom is -0.423 e. The third-order valence-electron chi connectivity index (χ3n) is 3.28. The van der Waals surface area contributed by atoms with Crippen LogP contribution in [0.5, 0.6) is 0 Å². The van der Waals surface area contributed by atoms with Crippen LogP contribution < -0.4 is 0 Å². The van der Waals surface area contributed by atoms with Gasteiger partial charge in [-0.2, -0.15) is 0 Å². The third-order valence-corrected chi connectivity index (χ3v) is 3.28. The second-order valence-electron chi connectivity index (χ2n) is 4.54. The van der Waals surface area contributed by atoms with Gasteiger partial charge in [0.25, 0.3) is 0 Å². The Morgan fingerprint density at radius 1 is 1.47 bits per heavy atom. The summed E-state index contributed by atoms with van der Waals surface area (Å²) in [4.78, 5) is 11.6. The van der Waals surface area contributed by atoms with Crippen molar-refractivity contribution in [1.29, 1.82) is 0 Å². The van der Waals surface area contributed by atoms with Crippen LogP contribution in [-0.2, 0) is 9.53 Å². The summed E-state index contributed by atoms with van der Waals surface area (Å²) in [6.45, 7) is 2.10. The smallest absolute Gasteiger partial charge is 0.342 e. The highest BCUT2D eigenvalue weighted by Crippen LogP contribution is 2.37. The van der Waals surface area contributed by atoms with Crippen molar-refractivity contribution < 1.29 is 19.7 Å². The van der Waals surface area contributed by atoms with Gasteiger partial charge < -0.3 is 14.9 Å². The van der Waals surface area contributed by atoms with Gasteiger partial charge in [0.15, 0.2) is 0 Å². The van der Waals surface area contributed by atoms with Crippen molar-refractivity contribution in [3.8, 4) is 0 Å². The summed E-state index contributed by atoms with van der Waals surface area (Å²) in [6.07, 6.45) is 4.04. The molecule has 1 heterocycles. The second kappa shape index (κ2) is 5.02. The minimum absolute atomic E-state index is 0.256. The van der Waals surface area contributed by atoms with Gasteiger partial charge in [-0.05, 0) is 31.8 Å². The highest BCUT2D eigenvalue weighted by atomic mass is 16.5. The van der Waals surface area contributed by atoms with E-state index < -0.39 is 18.2 Å². The average molecular weight is 238 g/mol. The molecule has 0 aromatic heterocycles. The molecule has 0 amide bonds. The van der Waals surface area contributed by atoms with Crippen LogP contribution in [0.4, 0.5) is 0 Å². The molecule has 0 radical (unpaired) electrons. The SMILES string of the molecule is CCCCC=C1OC(=O)C2=C1CCC(O)C2O. The van der Waals surface area contributed by atoms with E-state index in [1.54, 1.807) is 0 Å². The molecule has 2 rings (SSSR count). The molecule has 2 atom stereocenters. The van der Waals surface area contributed by atoms with E-state index in [9.17, 15) is 15.0 Å². The first kappa shape index (κ1) is 12.3. The molecular formula is C13H18O4. The van der Waals surface area contributed by atoms with Crippen LogP contribution in [0.2, 0.25) is 0 Å². The molecule has 2 aliphatic rings. The van der Waals surface area contributed by atoms with Crippen molar-refractivity contribution in [1.82, 2.24) is 0 Å². The third kappa shape index (κ3) is 2.28. The largest absolute Gasteiger partial charge is 0.423 e. The van der Waals surface area contributed by atoms with E-state index >= 15 is 0 Å². The quantitative estimate of drug-likeness (QED) is 0.576. The lowest BCUT2D eigenvalue weighted by molar-refractivity contribution is -0.135. The first-order valence-corrected chi connectivity index (χ1v) is 6.17. The van der Waals surface area contributed by atoms with Gasteiger partial charge in [0, 0.05) is 5.57 Å². The molecular weight excluding hydrogens is 220 g/mol. The van der Waals surface area contributed by atoms with Crippen LogP contribution in [0, 0.1) is 0 Å². The predicted molar refractivity (Wildman–Crippen MR) is 62.0 cm³/mol. The lowest BCUT2D eigenvalue weighted by atomic mass is 9.87.